The smallest absolute Gasteiger partial charge is 0.335 e. The zero-order valence-electron chi connectivity index (χ0n) is 15.8. The lowest BCUT2D eigenvalue weighted by Crippen LogP contribution is -2.48. The first-order chi connectivity index (χ1) is 13.1. The number of hydrogen-bond acceptors (Lipinski definition) is 6. The summed E-state index contributed by atoms with van der Waals surface area (Å²) in [5.41, 5.74) is 3.99. The third-order valence-corrected chi connectivity index (χ3v) is 6.74. The van der Waals surface area contributed by atoms with Gasteiger partial charge in [-0.25, -0.2) is 4.79 Å². The van der Waals surface area contributed by atoms with Crippen molar-refractivity contribution in [3.8, 4) is 0 Å². The number of para-hydroxylation sites is 1. The molecule has 0 aromatic heterocycles. The second-order valence-corrected chi connectivity index (χ2v) is 8.15. The van der Waals surface area contributed by atoms with Crippen molar-refractivity contribution in [3.05, 3.63) is 41.1 Å². The average Bonchev–Trinajstić information content (AvgIpc) is 3.36. The van der Waals surface area contributed by atoms with Crippen molar-refractivity contribution in [1.82, 2.24) is 5.32 Å². The number of anilines is 1. The van der Waals surface area contributed by atoms with E-state index in [1.807, 2.05) is 13.0 Å². The molecule has 144 valence electrons. The van der Waals surface area contributed by atoms with E-state index in [0.717, 1.165) is 36.3 Å². The van der Waals surface area contributed by atoms with Gasteiger partial charge in [-0.15, -0.1) is 0 Å². The molecule has 1 aromatic rings. The molecule has 2 fully saturated rings. The molecule has 0 saturated carbocycles. The Morgan fingerprint density at radius 1 is 1.30 bits per heavy atom. The van der Waals surface area contributed by atoms with E-state index in [1.165, 1.54) is 12.7 Å². The number of fused-ring (bicyclic) bond motifs is 1. The normalized spacial score (nSPS) is 33.3. The van der Waals surface area contributed by atoms with Crippen molar-refractivity contribution >= 4 is 11.7 Å². The number of carbonyl (C=O) groups is 1. The van der Waals surface area contributed by atoms with E-state index in [9.17, 15) is 4.79 Å². The Morgan fingerprint density at radius 3 is 2.85 bits per heavy atom. The van der Waals surface area contributed by atoms with Crippen molar-refractivity contribution in [2.45, 2.75) is 43.4 Å². The first kappa shape index (κ1) is 17.2. The molecule has 1 spiro atoms. The molecular weight excluding hydrogens is 344 g/mol. The highest BCUT2D eigenvalue weighted by Crippen LogP contribution is 2.57. The number of nitrogens with one attached hydrogen (secondary N) is 2. The van der Waals surface area contributed by atoms with E-state index >= 15 is 0 Å². The molecule has 3 heterocycles. The molecule has 1 aliphatic carbocycles. The Bertz CT molecular complexity index is 814. The molecule has 3 aliphatic heterocycles. The van der Waals surface area contributed by atoms with Gasteiger partial charge in [0.15, 0.2) is 5.79 Å². The van der Waals surface area contributed by atoms with Crippen molar-refractivity contribution in [3.63, 3.8) is 0 Å². The summed E-state index contributed by atoms with van der Waals surface area (Å²) in [6.45, 7) is 4.11. The van der Waals surface area contributed by atoms with Crippen LogP contribution < -0.4 is 10.6 Å². The molecule has 0 bridgehead atoms. The summed E-state index contributed by atoms with van der Waals surface area (Å²) in [5, 5.41) is 7.29. The van der Waals surface area contributed by atoms with E-state index < -0.39 is 5.79 Å². The van der Waals surface area contributed by atoms with Gasteiger partial charge in [-0.3, -0.25) is 0 Å². The Morgan fingerprint density at radius 2 is 2.07 bits per heavy atom. The molecule has 6 nitrogen and oxygen atoms in total. The summed E-state index contributed by atoms with van der Waals surface area (Å²) < 4.78 is 16.9. The molecule has 2 saturated heterocycles. The van der Waals surface area contributed by atoms with Crippen LogP contribution in [0.25, 0.3) is 0 Å². The van der Waals surface area contributed by atoms with E-state index in [0.29, 0.717) is 19.6 Å². The van der Waals surface area contributed by atoms with Crippen molar-refractivity contribution < 1.29 is 19.0 Å². The Balaban J connectivity index is 1.64. The van der Waals surface area contributed by atoms with Crippen LogP contribution in [-0.2, 0) is 24.4 Å². The van der Waals surface area contributed by atoms with Crippen LogP contribution in [0.1, 0.15) is 31.7 Å². The lowest BCUT2D eigenvalue weighted by Gasteiger charge is -2.42. The summed E-state index contributed by atoms with van der Waals surface area (Å²) >= 11 is 0. The molecule has 3 atom stereocenters. The Hall–Kier alpha value is -1.89. The number of ether oxygens (including phenoxy) is 3. The standard InChI is InChI=1S/C21H26N2O4/c1-20(26-9-10-27-20)12-13-11-16-21(7-8-22-16)14-5-3-4-6-15(14)23-18(21)17(13)19(24)25-2/h3-6,13,16,22-23H,7-12H2,1-2H3/t13-,16-,21+/m0/s1. The largest absolute Gasteiger partial charge is 0.466 e. The summed E-state index contributed by atoms with van der Waals surface area (Å²) in [6, 6.07) is 8.69. The maximum atomic E-state index is 12.9. The highest BCUT2D eigenvalue weighted by atomic mass is 16.7. The van der Waals surface area contributed by atoms with Gasteiger partial charge in [0.25, 0.3) is 0 Å². The average molecular weight is 370 g/mol. The number of hydrogen-bond donors (Lipinski definition) is 2. The predicted octanol–water partition coefficient (Wildman–Crippen LogP) is 2.31. The number of carbonyl (C=O) groups excluding carboxylic acids is 1. The lowest BCUT2D eigenvalue weighted by atomic mass is 9.63. The van der Waals surface area contributed by atoms with Crippen LogP contribution in [-0.4, -0.2) is 44.7 Å². The van der Waals surface area contributed by atoms with Crippen molar-refractivity contribution in [1.29, 1.82) is 0 Å². The zero-order chi connectivity index (χ0) is 18.6. The van der Waals surface area contributed by atoms with Gasteiger partial charge in [0.1, 0.15) is 0 Å². The van der Waals surface area contributed by atoms with Crippen LogP contribution in [0.4, 0.5) is 5.69 Å². The molecular formula is C21H26N2O4. The highest BCUT2D eigenvalue weighted by molar-refractivity contribution is 5.93. The fourth-order valence-electron chi connectivity index (χ4n) is 5.66. The minimum Gasteiger partial charge on any atom is -0.466 e. The fourth-order valence-corrected chi connectivity index (χ4v) is 5.66. The molecule has 27 heavy (non-hydrogen) atoms. The van der Waals surface area contributed by atoms with Gasteiger partial charge in [-0.1, -0.05) is 18.2 Å². The van der Waals surface area contributed by atoms with Crippen LogP contribution in [0.2, 0.25) is 0 Å². The molecule has 1 aromatic carbocycles. The molecule has 2 N–H and O–H groups in total. The highest BCUT2D eigenvalue weighted by Gasteiger charge is 2.58. The number of esters is 1. The third-order valence-electron chi connectivity index (χ3n) is 6.74. The Kier molecular flexibility index (Phi) is 3.86. The zero-order valence-corrected chi connectivity index (χ0v) is 15.8. The maximum absolute atomic E-state index is 12.9. The van der Waals surface area contributed by atoms with E-state index in [4.69, 9.17) is 14.2 Å². The van der Waals surface area contributed by atoms with Crippen LogP contribution in [0.5, 0.6) is 0 Å². The van der Waals surface area contributed by atoms with Gasteiger partial charge in [0, 0.05) is 23.8 Å². The minimum atomic E-state index is -0.644. The minimum absolute atomic E-state index is 0.0149. The summed E-state index contributed by atoms with van der Waals surface area (Å²) in [7, 11) is 1.46. The molecule has 4 aliphatic rings. The summed E-state index contributed by atoms with van der Waals surface area (Å²) in [5.74, 6) is -0.878. The van der Waals surface area contributed by atoms with Crippen LogP contribution >= 0.6 is 0 Å². The van der Waals surface area contributed by atoms with Crippen LogP contribution in [0.15, 0.2) is 35.5 Å². The van der Waals surface area contributed by atoms with Crippen LogP contribution in [0.3, 0.4) is 0 Å². The topological polar surface area (TPSA) is 68.8 Å². The second-order valence-electron chi connectivity index (χ2n) is 8.15. The fraction of sp³-hybridized carbons (Fsp3) is 0.571. The van der Waals surface area contributed by atoms with Gasteiger partial charge in [0.05, 0.1) is 31.3 Å². The first-order valence-electron chi connectivity index (χ1n) is 9.78. The van der Waals surface area contributed by atoms with Gasteiger partial charge in [0.2, 0.25) is 0 Å². The van der Waals surface area contributed by atoms with Gasteiger partial charge < -0.3 is 24.8 Å². The van der Waals surface area contributed by atoms with Crippen molar-refractivity contribution in [2.75, 3.05) is 32.2 Å². The quantitative estimate of drug-likeness (QED) is 0.796. The molecule has 0 amide bonds. The van der Waals surface area contributed by atoms with Gasteiger partial charge >= 0.3 is 5.97 Å². The molecule has 0 radical (unpaired) electrons. The number of methoxy groups -OCH3 is 1. The second kappa shape index (κ2) is 6.06. The van der Waals surface area contributed by atoms with Gasteiger partial charge in [-0.2, -0.15) is 0 Å². The van der Waals surface area contributed by atoms with Gasteiger partial charge in [-0.05, 0) is 43.9 Å². The SMILES string of the molecule is COC(=O)C1=C2Nc3ccccc3[C@@]23CCN[C@H]3C[C@H]1CC1(C)OCCO1. The monoisotopic (exact) mass is 370 g/mol. The molecule has 0 unspecified atom stereocenters. The van der Waals surface area contributed by atoms with E-state index in [-0.39, 0.29) is 23.3 Å². The predicted molar refractivity (Wildman–Crippen MR) is 100 cm³/mol. The maximum Gasteiger partial charge on any atom is 0.335 e. The summed E-state index contributed by atoms with van der Waals surface area (Å²) in [6.07, 6.45) is 2.49. The first-order valence-corrected chi connectivity index (χ1v) is 9.78. The van der Waals surface area contributed by atoms with E-state index in [2.05, 4.69) is 28.8 Å². The third kappa shape index (κ3) is 2.40. The Labute approximate surface area is 159 Å². The molecule has 5 rings (SSSR count). The lowest BCUT2D eigenvalue weighted by molar-refractivity contribution is -0.156. The number of rotatable bonds is 3. The van der Waals surface area contributed by atoms with Crippen LogP contribution in [0, 0.1) is 5.92 Å². The summed E-state index contributed by atoms with van der Waals surface area (Å²) in [4.78, 5) is 12.9. The number of benzene rings is 1. The van der Waals surface area contributed by atoms with Crippen molar-refractivity contribution in [2.24, 2.45) is 5.92 Å². The van der Waals surface area contributed by atoms with E-state index in [1.54, 1.807) is 0 Å². The molecule has 6 heteroatoms.